The Hall–Kier alpha value is -2.55. The highest BCUT2D eigenvalue weighted by atomic mass is 32.2. The Morgan fingerprint density at radius 3 is 2.65 bits per heavy atom. The Morgan fingerprint density at radius 1 is 1.10 bits per heavy atom. The van der Waals surface area contributed by atoms with Gasteiger partial charge in [0.15, 0.2) is 28.3 Å². The van der Waals surface area contributed by atoms with Crippen LogP contribution in [0.15, 0.2) is 27.9 Å². The van der Waals surface area contributed by atoms with Crippen molar-refractivity contribution < 1.29 is 14.0 Å². The van der Waals surface area contributed by atoms with E-state index >= 15 is 0 Å². The molecule has 0 N–H and O–H groups in total. The van der Waals surface area contributed by atoms with Crippen LogP contribution >= 0.6 is 11.8 Å². The molecule has 4 rings (SSSR count). The zero-order valence-electron chi connectivity index (χ0n) is 18.3. The molecule has 0 radical (unpaired) electrons. The summed E-state index contributed by atoms with van der Waals surface area (Å²) < 4.78 is 18.6. The van der Waals surface area contributed by atoms with Crippen LogP contribution in [-0.4, -0.2) is 39.1 Å². The predicted molar refractivity (Wildman–Crippen MR) is 119 cm³/mol. The van der Waals surface area contributed by atoms with Gasteiger partial charge >= 0.3 is 0 Å². The summed E-state index contributed by atoms with van der Waals surface area (Å²) in [5.41, 5.74) is 0.964. The van der Waals surface area contributed by atoms with Crippen molar-refractivity contribution in [2.45, 2.75) is 68.8 Å². The van der Waals surface area contributed by atoms with Gasteiger partial charge in [-0.25, -0.2) is 0 Å². The lowest BCUT2D eigenvalue weighted by Gasteiger charge is -2.25. The van der Waals surface area contributed by atoms with Crippen molar-refractivity contribution in [1.82, 2.24) is 24.9 Å². The molecule has 2 heterocycles. The Balaban J connectivity index is 1.63. The van der Waals surface area contributed by atoms with E-state index in [0.29, 0.717) is 29.2 Å². The number of nitrogens with zero attached hydrogens (tertiary/aromatic N) is 5. The van der Waals surface area contributed by atoms with Crippen LogP contribution < -0.4 is 9.47 Å². The van der Waals surface area contributed by atoms with E-state index in [2.05, 4.69) is 31.8 Å². The Kier molecular flexibility index (Phi) is 7.11. The molecule has 1 aliphatic carbocycles. The quantitative estimate of drug-likeness (QED) is 0.422. The molecule has 1 aromatic carbocycles. The second-order valence-corrected chi connectivity index (χ2v) is 8.62. The maximum Gasteiger partial charge on any atom is 0.237 e. The first-order chi connectivity index (χ1) is 15.2. The zero-order valence-corrected chi connectivity index (χ0v) is 19.2. The number of hydrogen-bond acceptors (Lipinski definition) is 8. The molecular formula is C22H29N5O3S. The lowest BCUT2D eigenvalue weighted by atomic mass is 9.95. The van der Waals surface area contributed by atoms with E-state index in [-0.39, 0.29) is 0 Å². The fourth-order valence-corrected chi connectivity index (χ4v) is 4.86. The molecule has 0 atom stereocenters. The summed E-state index contributed by atoms with van der Waals surface area (Å²) in [6, 6.07) is 6.27. The van der Waals surface area contributed by atoms with Gasteiger partial charge in [0, 0.05) is 18.0 Å². The third-order valence-electron chi connectivity index (χ3n) is 5.55. The molecule has 0 saturated heterocycles. The Labute approximate surface area is 186 Å². The van der Waals surface area contributed by atoms with Crippen molar-refractivity contribution in [1.29, 1.82) is 0 Å². The molecular weight excluding hydrogens is 414 g/mol. The monoisotopic (exact) mass is 443 g/mol. The molecule has 2 aromatic heterocycles. The van der Waals surface area contributed by atoms with E-state index < -0.39 is 0 Å². The Morgan fingerprint density at radius 2 is 1.90 bits per heavy atom. The fourth-order valence-electron chi connectivity index (χ4n) is 4.02. The van der Waals surface area contributed by atoms with Crippen LogP contribution in [0.4, 0.5) is 0 Å². The van der Waals surface area contributed by atoms with Crippen molar-refractivity contribution in [3.63, 3.8) is 0 Å². The van der Waals surface area contributed by atoms with Gasteiger partial charge in [0.25, 0.3) is 0 Å². The number of aromatic nitrogens is 5. The SMILES string of the molecule is CCCc1noc(CSc2nnc(-c3ccc(OC)c(OC)c3)n2C2CCCCC2)n1. The second kappa shape index (κ2) is 10.2. The van der Waals surface area contributed by atoms with E-state index in [1.165, 1.54) is 19.3 Å². The summed E-state index contributed by atoms with van der Waals surface area (Å²) in [6.07, 6.45) is 7.83. The smallest absolute Gasteiger partial charge is 0.237 e. The number of methoxy groups -OCH3 is 2. The van der Waals surface area contributed by atoms with Gasteiger partial charge in [0.1, 0.15) is 0 Å². The van der Waals surface area contributed by atoms with Gasteiger partial charge in [-0.3, -0.25) is 4.57 Å². The standard InChI is InChI=1S/C22H29N5O3S/c1-4-8-19-23-20(30-26-19)14-31-22-25-24-21(27(22)16-9-6-5-7-10-16)15-11-12-17(28-2)18(13-15)29-3/h11-13,16H,4-10,14H2,1-3H3. The van der Waals surface area contributed by atoms with Crippen molar-refractivity contribution in [3.05, 3.63) is 29.9 Å². The van der Waals surface area contributed by atoms with E-state index in [1.807, 2.05) is 18.2 Å². The molecule has 8 nitrogen and oxygen atoms in total. The van der Waals surface area contributed by atoms with Gasteiger partial charge in [0.2, 0.25) is 5.89 Å². The molecule has 0 amide bonds. The number of hydrogen-bond donors (Lipinski definition) is 0. The molecule has 1 aliphatic rings. The van der Waals surface area contributed by atoms with Gasteiger partial charge in [-0.2, -0.15) is 4.98 Å². The lowest BCUT2D eigenvalue weighted by Crippen LogP contribution is -2.15. The first-order valence-corrected chi connectivity index (χ1v) is 11.8. The molecule has 0 aliphatic heterocycles. The van der Waals surface area contributed by atoms with Crippen molar-refractivity contribution in [2.75, 3.05) is 14.2 Å². The third kappa shape index (κ3) is 4.87. The summed E-state index contributed by atoms with van der Waals surface area (Å²) in [4.78, 5) is 4.48. The molecule has 31 heavy (non-hydrogen) atoms. The summed E-state index contributed by atoms with van der Waals surface area (Å²) in [5, 5.41) is 14.0. The fraction of sp³-hybridized carbons (Fsp3) is 0.545. The number of ether oxygens (including phenoxy) is 2. The molecule has 0 bridgehead atoms. The largest absolute Gasteiger partial charge is 0.493 e. The van der Waals surface area contributed by atoms with E-state index in [4.69, 9.17) is 14.0 Å². The van der Waals surface area contributed by atoms with Crippen LogP contribution in [-0.2, 0) is 12.2 Å². The van der Waals surface area contributed by atoms with Crippen LogP contribution in [0.2, 0.25) is 0 Å². The van der Waals surface area contributed by atoms with Crippen LogP contribution in [0.5, 0.6) is 11.5 Å². The van der Waals surface area contributed by atoms with Crippen molar-refractivity contribution >= 4 is 11.8 Å². The summed E-state index contributed by atoms with van der Waals surface area (Å²) in [5.74, 6) is 4.20. The van der Waals surface area contributed by atoms with Gasteiger partial charge < -0.3 is 14.0 Å². The molecule has 166 valence electrons. The topological polar surface area (TPSA) is 88.1 Å². The molecule has 9 heteroatoms. The molecule has 1 fully saturated rings. The number of thioether (sulfide) groups is 1. The minimum atomic E-state index is 0.382. The minimum Gasteiger partial charge on any atom is -0.493 e. The lowest BCUT2D eigenvalue weighted by molar-refractivity contribution is 0.338. The highest BCUT2D eigenvalue weighted by molar-refractivity contribution is 7.98. The Bertz CT molecular complexity index is 997. The molecule has 3 aromatic rings. The normalized spacial score (nSPS) is 14.7. The van der Waals surface area contributed by atoms with Gasteiger partial charge in [0.05, 0.1) is 20.0 Å². The average Bonchev–Trinajstić information content (AvgIpc) is 3.45. The molecule has 0 spiro atoms. The van der Waals surface area contributed by atoms with Gasteiger partial charge in [-0.05, 0) is 37.5 Å². The summed E-state index contributed by atoms with van der Waals surface area (Å²) >= 11 is 1.60. The first kappa shape index (κ1) is 21.7. The van der Waals surface area contributed by atoms with Crippen LogP contribution in [0.3, 0.4) is 0 Å². The average molecular weight is 444 g/mol. The third-order valence-corrected chi connectivity index (χ3v) is 6.48. The summed E-state index contributed by atoms with van der Waals surface area (Å²) in [7, 11) is 3.28. The van der Waals surface area contributed by atoms with Gasteiger partial charge in [-0.1, -0.05) is 43.1 Å². The second-order valence-electron chi connectivity index (χ2n) is 7.68. The van der Waals surface area contributed by atoms with Crippen molar-refractivity contribution in [2.24, 2.45) is 0 Å². The predicted octanol–water partition coefficient (Wildman–Crippen LogP) is 5.10. The van der Waals surface area contributed by atoms with Crippen molar-refractivity contribution in [3.8, 4) is 22.9 Å². The highest BCUT2D eigenvalue weighted by Gasteiger charge is 2.25. The van der Waals surface area contributed by atoms with E-state index in [1.54, 1.807) is 26.0 Å². The molecule has 0 unspecified atom stereocenters. The summed E-state index contributed by atoms with van der Waals surface area (Å²) in [6.45, 7) is 2.10. The van der Waals surface area contributed by atoms with Gasteiger partial charge in [-0.15, -0.1) is 10.2 Å². The number of aryl methyl sites for hydroxylation is 1. The van der Waals surface area contributed by atoms with E-state index in [9.17, 15) is 0 Å². The first-order valence-electron chi connectivity index (χ1n) is 10.8. The highest BCUT2D eigenvalue weighted by Crippen LogP contribution is 2.38. The van der Waals surface area contributed by atoms with E-state index in [0.717, 1.165) is 48.1 Å². The van der Waals surface area contributed by atoms with Crippen LogP contribution in [0, 0.1) is 0 Å². The minimum absolute atomic E-state index is 0.382. The van der Waals surface area contributed by atoms with Crippen LogP contribution in [0.25, 0.3) is 11.4 Å². The maximum absolute atomic E-state index is 5.50. The number of benzene rings is 1. The van der Waals surface area contributed by atoms with Crippen LogP contribution in [0.1, 0.15) is 63.2 Å². The maximum atomic E-state index is 5.50. The zero-order chi connectivity index (χ0) is 21.6. The molecule has 1 saturated carbocycles. The number of rotatable bonds is 9.